The third-order valence-corrected chi connectivity index (χ3v) is 6.21. The van der Waals surface area contributed by atoms with Gasteiger partial charge in [-0.25, -0.2) is 23.5 Å². The molecule has 0 bridgehead atoms. The normalized spacial score (nSPS) is 15.4. The van der Waals surface area contributed by atoms with Crippen LogP contribution in [0.25, 0.3) is 16.9 Å². The number of aliphatic carboxylic acids is 2. The van der Waals surface area contributed by atoms with Crippen molar-refractivity contribution in [1.29, 1.82) is 0 Å². The van der Waals surface area contributed by atoms with Gasteiger partial charge < -0.3 is 25.6 Å². The van der Waals surface area contributed by atoms with Crippen molar-refractivity contribution < 1.29 is 28.9 Å². The fraction of sp³-hybridized carbons (Fsp3) is 0.241. The first-order valence-electron chi connectivity index (χ1n) is 12.8. The van der Waals surface area contributed by atoms with E-state index in [1.54, 1.807) is 6.07 Å². The number of benzene rings is 2. The second-order valence-electron chi connectivity index (χ2n) is 9.19. The lowest BCUT2D eigenvalue weighted by molar-refractivity contribution is -0.134. The minimum absolute atomic E-state index is 0.0894. The van der Waals surface area contributed by atoms with Gasteiger partial charge in [0.1, 0.15) is 24.0 Å². The number of rotatable bonds is 9. The number of aromatic nitrogens is 3. The van der Waals surface area contributed by atoms with Crippen LogP contribution in [0.2, 0.25) is 0 Å². The highest BCUT2D eigenvalue weighted by atomic mass is 19.1. The van der Waals surface area contributed by atoms with Crippen LogP contribution in [0, 0.1) is 5.82 Å². The predicted molar refractivity (Wildman–Crippen MR) is 148 cm³/mol. The van der Waals surface area contributed by atoms with E-state index < -0.39 is 11.9 Å². The monoisotopic (exact) mass is 547 g/mol. The summed E-state index contributed by atoms with van der Waals surface area (Å²) in [4.78, 5) is 23.6. The van der Waals surface area contributed by atoms with Crippen molar-refractivity contribution in [1.82, 2.24) is 19.9 Å². The molecule has 1 fully saturated rings. The molecule has 40 heavy (non-hydrogen) atoms. The third kappa shape index (κ3) is 7.87. The van der Waals surface area contributed by atoms with Gasteiger partial charge in [-0.3, -0.25) is 0 Å². The number of carboxylic acids is 2. The Hall–Kier alpha value is -4.77. The van der Waals surface area contributed by atoms with Gasteiger partial charge in [-0.15, -0.1) is 5.10 Å². The smallest absolute Gasteiger partial charge is 0.328 e. The number of carbonyl (C=O) groups is 2. The van der Waals surface area contributed by atoms with Crippen LogP contribution in [-0.2, 0) is 9.59 Å². The van der Waals surface area contributed by atoms with Crippen molar-refractivity contribution in [3.8, 4) is 17.0 Å². The summed E-state index contributed by atoms with van der Waals surface area (Å²) >= 11 is 0. The molecule has 0 aliphatic carbocycles. The van der Waals surface area contributed by atoms with Gasteiger partial charge >= 0.3 is 11.9 Å². The Morgan fingerprint density at radius 2 is 1.90 bits per heavy atom. The minimum Gasteiger partial charge on any atom is -0.492 e. The first-order valence-corrected chi connectivity index (χ1v) is 12.8. The molecule has 11 heteroatoms. The van der Waals surface area contributed by atoms with E-state index in [4.69, 9.17) is 20.0 Å². The lowest BCUT2D eigenvalue weighted by Crippen LogP contribution is -2.28. The maximum absolute atomic E-state index is 13.6. The van der Waals surface area contributed by atoms with Crippen molar-refractivity contribution in [2.24, 2.45) is 0 Å². The number of imidazole rings is 1. The molecule has 10 nitrogen and oxygen atoms in total. The van der Waals surface area contributed by atoms with E-state index in [2.05, 4.69) is 15.6 Å². The molecule has 0 radical (unpaired) electrons. The number of ether oxygens (including phenoxy) is 1. The highest BCUT2D eigenvalue weighted by Gasteiger charge is 2.15. The van der Waals surface area contributed by atoms with Gasteiger partial charge in [0.15, 0.2) is 5.65 Å². The fourth-order valence-corrected chi connectivity index (χ4v) is 4.19. The van der Waals surface area contributed by atoms with Crippen molar-refractivity contribution in [2.45, 2.75) is 31.8 Å². The van der Waals surface area contributed by atoms with Crippen molar-refractivity contribution in [3.63, 3.8) is 0 Å². The number of nitrogens with one attached hydrogen (secondary N) is 2. The summed E-state index contributed by atoms with van der Waals surface area (Å²) in [5.74, 6) is -1.21. The molecule has 1 saturated heterocycles. The first-order chi connectivity index (χ1) is 19.3. The van der Waals surface area contributed by atoms with Gasteiger partial charge in [0.05, 0.1) is 17.9 Å². The van der Waals surface area contributed by atoms with Crippen molar-refractivity contribution in [3.05, 3.63) is 90.4 Å². The van der Waals surface area contributed by atoms with Gasteiger partial charge in [0.2, 0.25) is 0 Å². The molecule has 208 valence electrons. The van der Waals surface area contributed by atoms with E-state index >= 15 is 0 Å². The predicted octanol–water partition coefficient (Wildman–Crippen LogP) is 4.55. The number of halogens is 1. The Balaban J connectivity index is 0.000000406. The standard InChI is InChI=1S/C25H26FN5O.C4H4O4/c1-17(19-4-2-5-20(26)14-19)29-24-11-12-25-28-15-23(31(25)30-24)18-7-9-22(10-8-18)32-16-21-6-3-13-27-21;5-3(6)1-2-4(7)8/h2,4-5,7-12,14-15,17,21,27H,3,6,13,16H2,1H3,(H,29,30);1-2H,(H,5,6)(H,7,8)/b;2-1-/t17-,21+;/m1./s1. The number of hydrogen-bond donors (Lipinski definition) is 4. The van der Waals surface area contributed by atoms with E-state index in [0.29, 0.717) is 30.6 Å². The topological polar surface area (TPSA) is 138 Å². The lowest BCUT2D eigenvalue weighted by atomic mass is 10.1. The van der Waals surface area contributed by atoms with Crippen LogP contribution in [-0.4, -0.2) is 55.9 Å². The molecule has 3 heterocycles. The molecule has 2 atom stereocenters. The first kappa shape index (κ1) is 28.2. The highest BCUT2D eigenvalue weighted by molar-refractivity contribution is 5.89. The van der Waals surface area contributed by atoms with Crippen molar-refractivity contribution in [2.75, 3.05) is 18.5 Å². The van der Waals surface area contributed by atoms with E-state index in [1.165, 1.54) is 25.0 Å². The second-order valence-corrected chi connectivity index (χ2v) is 9.19. The Bertz CT molecular complexity index is 1470. The molecule has 4 aromatic rings. The quantitative estimate of drug-likeness (QED) is 0.222. The molecule has 2 aromatic carbocycles. The van der Waals surface area contributed by atoms with Crippen LogP contribution in [0.5, 0.6) is 5.75 Å². The zero-order chi connectivity index (χ0) is 28.5. The molecule has 0 unspecified atom stereocenters. The molecule has 1 aliphatic rings. The summed E-state index contributed by atoms with van der Waals surface area (Å²) in [7, 11) is 0. The number of nitrogens with zero attached hydrogens (tertiary/aromatic N) is 3. The number of fused-ring (bicyclic) bond motifs is 1. The third-order valence-electron chi connectivity index (χ3n) is 6.21. The lowest BCUT2D eigenvalue weighted by Gasteiger charge is -2.15. The summed E-state index contributed by atoms with van der Waals surface area (Å²) in [6.45, 7) is 3.75. The van der Waals surface area contributed by atoms with Gasteiger partial charge in [0, 0.05) is 23.8 Å². The zero-order valence-corrected chi connectivity index (χ0v) is 21.8. The maximum atomic E-state index is 13.6. The summed E-state index contributed by atoms with van der Waals surface area (Å²) < 4.78 is 21.3. The van der Waals surface area contributed by atoms with Crippen LogP contribution in [0.15, 0.2) is 79.0 Å². The second kappa shape index (κ2) is 13.3. The van der Waals surface area contributed by atoms with Gasteiger partial charge in [-0.1, -0.05) is 12.1 Å². The molecule has 4 N–H and O–H groups in total. The molecular formula is C29H30FN5O5. The SMILES string of the molecule is C[C@@H](Nc1ccc2ncc(-c3ccc(OC[C@@H]4CCCN4)cc3)n2n1)c1cccc(F)c1.O=C(O)/C=C\C(=O)O. The highest BCUT2D eigenvalue weighted by Crippen LogP contribution is 2.25. The summed E-state index contributed by atoms with van der Waals surface area (Å²) in [6, 6.07) is 18.8. The number of hydrogen-bond acceptors (Lipinski definition) is 7. The Kier molecular flexibility index (Phi) is 9.42. The molecular weight excluding hydrogens is 517 g/mol. The zero-order valence-electron chi connectivity index (χ0n) is 21.8. The van der Waals surface area contributed by atoms with Crippen LogP contribution in [0.4, 0.5) is 10.2 Å². The maximum Gasteiger partial charge on any atom is 0.328 e. The van der Waals surface area contributed by atoms with Crippen LogP contribution in [0.3, 0.4) is 0 Å². The van der Waals surface area contributed by atoms with E-state index in [-0.39, 0.29) is 11.9 Å². The summed E-state index contributed by atoms with van der Waals surface area (Å²) in [5.41, 5.74) is 3.52. The van der Waals surface area contributed by atoms with Crippen molar-refractivity contribution >= 4 is 23.4 Å². The van der Waals surface area contributed by atoms with Crippen LogP contribution in [0.1, 0.15) is 31.4 Å². The van der Waals surface area contributed by atoms with E-state index in [9.17, 15) is 14.0 Å². The van der Waals surface area contributed by atoms with Crippen LogP contribution >= 0.6 is 0 Å². The van der Waals surface area contributed by atoms with Gasteiger partial charge in [-0.05, 0) is 80.4 Å². The Labute approximate surface area is 230 Å². The fourth-order valence-electron chi connectivity index (χ4n) is 4.19. The molecule has 2 aromatic heterocycles. The largest absolute Gasteiger partial charge is 0.492 e. The Morgan fingerprint density at radius 3 is 2.55 bits per heavy atom. The number of carboxylic acid groups (broad SMARTS) is 2. The molecule has 0 spiro atoms. The molecule has 5 rings (SSSR count). The van der Waals surface area contributed by atoms with Crippen LogP contribution < -0.4 is 15.4 Å². The molecule has 0 amide bonds. The average Bonchev–Trinajstić information content (AvgIpc) is 3.61. The Morgan fingerprint density at radius 1 is 1.15 bits per heavy atom. The van der Waals surface area contributed by atoms with Gasteiger partial charge in [-0.2, -0.15) is 0 Å². The summed E-state index contributed by atoms with van der Waals surface area (Å²) in [5, 5.41) is 27.1. The van der Waals surface area contributed by atoms with Gasteiger partial charge in [0.25, 0.3) is 0 Å². The number of anilines is 1. The average molecular weight is 548 g/mol. The minimum atomic E-state index is -1.26. The molecule has 0 saturated carbocycles. The molecule has 1 aliphatic heterocycles. The van der Waals surface area contributed by atoms with E-state index in [0.717, 1.165) is 34.8 Å². The summed E-state index contributed by atoms with van der Waals surface area (Å²) in [6.07, 6.45) is 5.32. The van der Waals surface area contributed by atoms with E-state index in [1.807, 2.05) is 60.1 Å².